The predicted molar refractivity (Wildman–Crippen MR) is 109 cm³/mol. The molecule has 0 radical (unpaired) electrons. The smallest absolute Gasteiger partial charge is 0.307 e. The Morgan fingerprint density at radius 3 is 2.24 bits per heavy atom. The van der Waals surface area contributed by atoms with Crippen LogP contribution in [0.15, 0.2) is 48.5 Å². The fourth-order valence-electron chi connectivity index (χ4n) is 2.78. The molecule has 148 valence electrons. The zero-order valence-corrected chi connectivity index (χ0v) is 15.9. The number of phenolic OH excluding ortho intramolecular Hbond substituents is 1. The van der Waals surface area contributed by atoms with Crippen LogP contribution in [0.25, 0.3) is 0 Å². The van der Waals surface area contributed by atoms with Gasteiger partial charge in [0.15, 0.2) is 0 Å². The minimum Gasteiger partial charge on any atom is -0.506 e. The topological polar surface area (TPSA) is 124 Å². The number of carboxylic acids is 1. The van der Waals surface area contributed by atoms with Gasteiger partial charge in [-0.2, -0.15) is 0 Å². The molecule has 1 heterocycles. The number of nitrogens with zero attached hydrogens (tertiary/aromatic N) is 2. The molecule has 29 heavy (non-hydrogen) atoms. The average molecular weight is 392 g/mol. The zero-order chi connectivity index (χ0) is 21.0. The van der Waals surface area contributed by atoms with Crippen molar-refractivity contribution in [1.29, 1.82) is 0 Å². The Hall–Kier alpha value is -3.94. The molecule has 8 heteroatoms. The lowest BCUT2D eigenvalue weighted by Gasteiger charge is -2.10. The van der Waals surface area contributed by atoms with Crippen molar-refractivity contribution in [3.63, 3.8) is 0 Å². The third kappa shape index (κ3) is 5.29. The number of aliphatic carboxylic acids is 1. The molecule has 1 aromatic heterocycles. The number of rotatable bonds is 6. The van der Waals surface area contributed by atoms with Crippen LogP contribution >= 0.6 is 0 Å². The van der Waals surface area contributed by atoms with Gasteiger partial charge in [-0.3, -0.25) is 9.59 Å². The van der Waals surface area contributed by atoms with Crippen LogP contribution in [0.1, 0.15) is 27.3 Å². The summed E-state index contributed by atoms with van der Waals surface area (Å²) < 4.78 is 0. The lowest BCUT2D eigenvalue weighted by Crippen LogP contribution is -2.12. The fourth-order valence-corrected chi connectivity index (χ4v) is 2.78. The summed E-state index contributed by atoms with van der Waals surface area (Å²) in [5.74, 6) is -1.09. The van der Waals surface area contributed by atoms with Gasteiger partial charge in [-0.25, -0.2) is 9.97 Å². The van der Waals surface area contributed by atoms with Crippen molar-refractivity contribution in [2.75, 3.05) is 10.6 Å². The molecule has 0 saturated heterocycles. The molecule has 3 rings (SSSR count). The van der Waals surface area contributed by atoms with E-state index in [-0.39, 0.29) is 17.9 Å². The summed E-state index contributed by atoms with van der Waals surface area (Å²) in [5, 5.41) is 24.5. The van der Waals surface area contributed by atoms with Gasteiger partial charge in [0.1, 0.15) is 5.75 Å². The van der Waals surface area contributed by atoms with Crippen molar-refractivity contribution >= 4 is 29.2 Å². The van der Waals surface area contributed by atoms with Crippen molar-refractivity contribution in [2.45, 2.75) is 20.3 Å². The fraction of sp³-hybridized carbons (Fsp3) is 0.143. The van der Waals surface area contributed by atoms with Crippen molar-refractivity contribution < 1.29 is 19.8 Å². The minimum atomic E-state index is -0.996. The first-order chi connectivity index (χ1) is 13.8. The molecule has 0 unspecified atom stereocenters. The first-order valence-electron chi connectivity index (χ1n) is 8.84. The van der Waals surface area contributed by atoms with Gasteiger partial charge in [0.25, 0.3) is 5.91 Å². The number of carbonyl (C=O) groups is 2. The molecule has 3 aromatic rings. The van der Waals surface area contributed by atoms with Crippen LogP contribution < -0.4 is 10.6 Å². The van der Waals surface area contributed by atoms with Crippen molar-refractivity contribution in [1.82, 2.24) is 9.97 Å². The predicted octanol–water partition coefficient (Wildman–Crippen LogP) is 3.42. The Balaban J connectivity index is 1.71. The van der Waals surface area contributed by atoms with Crippen LogP contribution in [-0.2, 0) is 11.2 Å². The number of hydrogen-bond donors (Lipinski definition) is 4. The molecule has 0 fully saturated rings. The zero-order valence-electron chi connectivity index (χ0n) is 15.9. The van der Waals surface area contributed by atoms with Crippen molar-refractivity contribution in [2.24, 2.45) is 0 Å². The SMILES string of the molecule is Cc1cc(C)nc(Nc2ccc(C(=O)Nc3cc(CC(=O)O)ccc3O)cc2)n1. The number of anilines is 3. The van der Waals surface area contributed by atoms with E-state index in [1.54, 1.807) is 24.3 Å². The van der Waals surface area contributed by atoms with E-state index in [0.717, 1.165) is 17.1 Å². The number of carbonyl (C=O) groups excluding carboxylic acids is 1. The minimum absolute atomic E-state index is 0.141. The number of phenols is 1. The molecule has 0 atom stereocenters. The van der Waals surface area contributed by atoms with Gasteiger partial charge in [0.2, 0.25) is 5.95 Å². The molecule has 0 aliphatic heterocycles. The molecule has 0 saturated carbocycles. The monoisotopic (exact) mass is 392 g/mol. The van der Waals surface area contributed by atoms with Crippen LogP contribution in [0.4, 0.5) is 17.3 Å². The molecule has 8 nitrogen and oxygen atoms in total. The molecule has 1 amide bonds. The highest BCUT2D eigenvalue weighted by Crippen LogP contribution is 2.25. The van der Waals surface area contributed by atoms with Crippen LogP contribution in [0.5, 0.6) is 5.75 Å². The summed E-state index contributed by atoms with van der Waals surface area (Å²) in [4.78, 5) is 31.9. The maximum absolute atomic E-state index is 12.5. The van der Waals surface area contributed by atoms with Gasteiger partial charge in [0.05, 0.1) is 12.1 Å². The van der Waals surface area contributed by atoms with E-state index in [1.165, 1.54) is 18.2 Å². The number of aromatic nitrogens is 2. The molecule has 0 aliphatic rings. The normalized spacial score (nSPS) is 10.4. The van der Waals surface area contributed by atoms with E-state index in [0.29, 0.717) is 17.1 Å². The molecule has 4 N–H and O–H groups in total. The molecular formula is C21H20N4O4. The molecule has 2 aromatic carbocycles. The third-order valence-electron chi connectivity index (χ3n) is 4.05. The van der Waals surface area contributed by atoms with Gasteiger partial charge in [-0.05, 0) is 61.9 Å². The Morgan fingerprint density at radius 2 is 1.62 bits per heavy atom. The van der Waals surface area contributed by atoms with E-state index in [9.17, 15) is 14.7 Å². The van der Waals surface area contributed by atoms with Gasteiger partial charge < -0.3 is 20.8 Å². The lowest BCUT2D eigenvalue weighted by atomic mass is 10.1. The highest BCUT2D eigenvalue weighted by molar-refractivity contribution is 6.05. The largest absolute Gasteiger partial charge is 0.506 e. The Kier molecular flexibility index (Phi) is 5.73. The molecule has 0 aliphatic carbocycles. The quantitative estimate of drug-likeness (QED) is 0.474. The van der Waals surface area contributed by atoms with Gasteiger partial charge in [-0.15, -0.1) is 0 Å². The number of benzene rings is 2. The van der Waals surface area contributed by atoms with E-state index >= 15 is 0 Å². The third-order valence-corrected chi connectivity index (χ3v) is 4.05. The number of aromatic hydroxyl groups is 1. The summed E-state index contributed by atoms with van der Waals surface area (Å²) in [6, 6.07) is 12.8. The first kappa shape index (κ1) is 19.8. The van der Waals surface area contributed by atoms with Crippen molar-refractivity contribution in [3.05, 3.63) is 71.0 Å². The van der Waals surface area contributed by atoms with E-state index in [2.05, 4.69) is 20.6 Å². The average Bonchev–Trinajstić information content (AvgIpc) is 2.64. The summed E-state index contributed by atoms with van der Waals surface area (Å²) >= 11 is 0. The van der Waals surface area contributed by atoms with Crippen LogP contribution in [0.2, 0.25) is 0 Å². The lowest BCUT2D eigenvalue weighted by molar-refractivity contribution is -0.136. The first-order valence-corrected chi connectivity index (χ1v) is 8.84. The number of amides is 1. The van der Waals surface area contributed by atoms with E-state index in [4.69, 9.17) is 5.11 Å². The van der Waals surface area contributed by atoms with Gasteiger partial charge >= 0.3 is 5.97 Å². The summed E-state index contributed by atoms with van der Waals surface area (Å²) in [6.45, 7) is 3.77. The second kappa shape index (κ2) is 8.39. The number of nitrogens with one attached hydrogen (secondary N) is 2. The molecule has 0 bridgehead atoms. The maximum atomic E-state index is 12.5. The molecular weight excluding hydrogens is 372 g/mol. The second-order valence-electron chi connectivity index (χ2n) is 6.55. The van der Waals surface area contributed by atoms with Gasteiger partial charge in [-0.1, -0.05) is 6.07 Å². The number of aryl methyl sites for hydroxylation is 2. The van der Waals surface area contributed by atoms with E-state index in [1.807, 2.05) is 19.9 Å². The summed E-state index contributed by atoms with van der Waals surface area (Å²) in [6.07, 6.45) is -0.204. The Morgan fingerprint density at radius 1 is 0.966 bits per heavy atom. The number of hydrogen-bond acceptors (Lipinski definition) is 6. The molecule has 0 spiro atoms. The highest BCUT2D eigenvalue weighted by Gasteiger charge is 2.11. The maximum Gasteiger partial charge on any atom is 0.307 e. The summed E-state index contributed by atoms with van der Waals surface area (Å²) in [7, 11) is 0. The number of carboxylic acid groups (broad SMARTS) is 1. The second-order valence-corrected chi connectivity index (χ2v) is 6.55. The Bertz CT molecular complexity index is 1040. The van der Waals surface area contributed by atoms with E-state index < -0.39 is 11.9 Å². The van der Waals surface area contributed by atoms with Crippen LogP contribution in [0.3, 0.4) is 0 Å². The van der Waals surface area contributed by atoms with Crippen molar-refractivity contribution in [3.8, 4) is 5.75 Å². The Labute approximate surface area is 167 Å². The van der Waals surface area contributed by atoms with Crippen LogP contribution in [-0.4, -0.2) is 32.1 Å². The highest BCUT2D eigenvalue weighted by atomic mass is 16.4. The van der Waals surface area contributed by atoms with Crippen LogP contribution in [0, 0.1) is 13.8 Å². The standard InChI is InChI=1S/C21H20N4O4/c1-12-9-13(2)23-21(22-12)24-16-6-4-15(5-7-16)20(29)25-17-10-14(11-19(27)28)3-8-18(17)26/h3-10,26H,11H2,1-2H3,(H,25,29)(H,27,28)(H,22,23,24). The van der Waals surface area contributed by atoms with Gasteiger partial charge in [0, 0.05) is 22.6 Å². The summed E-state index contributed by atoms with van der Waals surface area (Å²) in [5.41, 5.74) is 3.41.